The summed E-state index contributed by atoms with van der Waals surface area (Å²) in [6.07, 6.45) is 1.99. The highest BCUT2D eigenvalue weighted by Gasteiger charge is 2.13. The van der Waals surface area contributed by atoms with Crippen molar-refractivity contribution in [3.63, 3.8) is 0 Å². The fourth-order valence-electron chi connectivity index (χ4n) is 3.24. The summed E-state index contributed by atoms with van der Waals surface area (Å²) in [6, 6.07) is 23.5. The second-order valence-electron chi connectivity index (χ2n) is 7.82. The predicted molar refractivity (Wildman–Crippen MR) is 139 cm³/mol. The molecular formula is C27H29N3O3S. The van der Waals surface area contributed by atoms with Crippen molar-refractivity contribution in [1.29, 1.82) is 0 Å². The van der Waals surface area contributed by atoms with Crippen molar-refractivity contribution in [2.24, 2.45) is 0 Å². The van der Waals surface area contributed by atoms with Gasteiger partial charge in [-0.3, -0.25) is 14.9 Å². The number of carbonyl (C=O) groups is 2. The number of thiocarbonyl (C=S) groups is 1. The van der Waals surface area contributed by atoms with Crippen LogP contribution in [0.3, 0.4) is 0 Å². The molecule has 176 valence electrons. The Hall–Kier alpha value is -3.71. The van der Waals surface area contributed by atoms with Gasteiger partial charge in [-0.05, 0) is 67.5 Å². The van der Waals surface area contributed by atoms with E-state index in [4.69, 9.17) is 17.0 Å². The first-order valence-corrected chi connectivity index (χ1v) is 11.7. The van der Waals surface area contributed by atoms with Crippen LogP contribution in [0.25, 0.3) is 0 Å². The van der Waals surface area contributed by atoms with E-state index in [9.17, 15) is 9.59 Å². The minimum absolute atomic E-state index is 0.132. The Kier molecular flexibility index (Phi) is 9.17. The van der Waals surface area contributed by atoms with E-state index in [1.54, 1.807) is 42.5 Å². The Morgan fingerprint density at radius 2 is 1.62 bits per heavy atom. The van der Waals surface area contributed by atoms with Crippen molar-refractivity contribution in [3.8, 4) is 5.75 Å². The largest absolute Gasteiger partial charge is 0.494 e. The maximum Gasteiger partial charge on any atom is 0.257 e. The molecule has 0 aromatic heterocycles. The maximum absolute atomic E-state index is 12.7. The molecule has 0 spiro atoms. The molecule has 0 aliphatic carbocycles. The van der Waals surface area contributed by atoms with Crippen molar-refractivity contribution < 1.29 is 14.3 Å². The van der Waals surface area contributed by atoms with Crippen molar-refractivity contribution in [3.05, 3.63) is 95.6 Å². The molecule has 34 heavy (non-hydrogen) atoms. The average Bonchev–Trinajstić information content (AvgIpc) is 2.85. The number of ether oxygens (including phenoxy) is 1. The van der Waals surface area contributed by atoms with Gasteiger partial charge in [0, 0.05) is 16.8 Å². The first-order chi connectivity index (χ1) is 16.5. The molecule has 3 rings (SSSR count). The Morgan fingerprint density at radius 1 is 0.912 bits per heavy atom. The molecule has 0 aliphatic heterocycles. The molecule has 0 bridgehead atoms. The van der Waals surface area contributed by atoms with Gasteiger partial charge >= 0.3 is 0 Å². The van der Waals surface area contributed by atoms with Gasteiger partial charge in [-0.2, -0.15) is 0 Å². The van der Waals surface area contributed by atoms with E-state index in [-0.39, 0.29) is 23.0 Å². The summed E-state index contributed by atoms with van der Waals surface area (Å²) in [7, 11) is 0. The Balaban J connectivity index is 1.57. The minimum Gasteiger partial charge on any atom is -0.494 e. The van der Waals surface area contributed by atoms with Crippen LogP contribution in [-0.4, -0.2) is 23.5 Å². The topological polar surface area (TPSA) is 79.5 Å². The molecule has 0 radical (unpaired) electrons. The highest BCUT2D eigenvalue weighted by atomic mass is 32.1. The molecule has 3 N–H and O–H groups in total. The number of hydrogen-bond acceptors (Lipinski definition) is 4. The molecule has 0 fully saturated rings. The zero-order valence-corrected chi connectivity index (χ0v) is 20.2. The lowest BCUT2D eigenvalue weighted by Crippen LogP contribution is -2.34. The lowest BCUT2D eigenvalue weighted by atomic mass is 10.1. The molecule has 6 nitrogen and oxygen atoms in total. The second-order valence-corrected chi connectivity index (χ2v) is 8.23. The van der Waals surface area contributed by atoms with Crippen molar-refractivity contribution in [2.45, 2.75) is 32.7 Å². The van der Waals surface area contributed by atoms with Gasteiger partial charge in [0.15, 0.2) is 5.11 Å². The molecule has 1 unspecified atom stereocenters. The fourth-order valence-corrected chi connectivity index (χ4v) is 3.45. The van der Waals surface area contributed by atoms with E-state index in [1.165, 1.54) is 0 Å². The van der Waals surface area contributed by atoms with Crippen molar-refractivity contribution in [1.82, 2.24) is 10.6 Å². The number of carbonyl (C=O) groups excluding carboxylic acids is 2. The van der Waals surface area contributed by atoms with Crippen LogP contribution in [0.4, 0.5) is 5.69 Å². The summed E-state index contributed by atoms with van der Waals surface area (Å²) < 4.78 is 5.66. The quantitative estimate of drug-likeness (QED) is 0.282. The van der Waals surface area contributed by atoms with Crippen molar-refractivity contribution >= 4 is 34.8 Å². The smallest absolute Gasteiger partial charge is 0.257 e. The summed E-state index contributed by atoms with van der Waals surface area (Å²) in [6.45, 7) is 4.63. The van der Waals surface area contributed by atoms with E-state index in [0.29, 0.717) is 29.2 Å². The number of anilines is 1. The summed E-state index contributed by atoms with van der Waals surface area (Å²) in [4.78, 5) is 25.3. The van der Waals surface area contributed by atoms with Gasteiger partial charge < -0.3 is 15.4 Å². The van der Waals surface area contributed by atoms with E-state index < -0.39 is 0 Å². The molecule has 0 saturated carbocycles. The van der Waals surface area contributed by atoms with Crippen molar-refractivity contribution in [2.75, 3.05) is 11.9 Å². The molecule has 1 atom stereocenters. The molecule has 3 aromatic rings. The van der Waals surface area contributed by atoms with Gasteiger partial charge in [-0.15, -0.1) is 0 Å². The second kappa shape index (κ2) is 12.5. The SMILES string of the molecule is CCCCOc1cccc(C(=O)NC(=S)Nc2cccc(C(=O)NC(C)c3ccccc3)c2)c1. The molecule has 0 saturated heterocycles. The number of rotatable bonds is 9. The lowest BCUT2D eigenvalue weighted by Gasteiger charge is -2.15. The zero-order chi connectivity index (χ0) is 24.3. The molecule has 0 aliphatic rings. The monoisotopic (exact) mass is 475 g/mol. The van der Waals surface area contributed by atoms with Crippen LogP contribution in [0.2, 0.25) is 0 Å². The fraction of sp³-hybridized carbons (Fsp3) is 0.222. The van der Waals surface area contributed by atoms with E-state index in [2.05, 4.69) is 22.9 Å². The highest BCUT2D eigenvalue weighted by molar-refractivity contribution is 7.80. The Labute approximate surface area is 205 Å². The number of amides is 2. The van der Waals surface area contributed by atoms with Crippen LogP contribution in [0.5, 0.6) is 5.75 Å². The maximum atomic E-state index is 12.7. The predicted octanol–water partition coefficient (Wildman–Crippen LogP) is 5.48. The minimum atomic E-state index is -0.343. The standard InChI is InChI=1S/C27H29N3O3S/c1-3-4-16-33-24-15-9-13-22(18-24)26(32)30-27(34)29-23-14-8-12-21(17-23)25(31)28-19(2)20-10-6-5-7-11-20/h5-15,17-19H,3-4,16H2,1-2H3,(H,28,31)(H2,29,30,32,34). The van der Waals surface area contributed by atoms with Crippen LogP contribution >= 0.6 is 12.2 Å². The number of unbranched alkanes of at least 4 members (excludes halogenated alkanes) is 1. The van der Waals surface area contributed by atoms with Gasteiger partial charge in [0.1, 0.15) is 5.75 Å². The van der Waals surface area contributed by atoms with Crippen LogP contribution in [0.15, 0.2) is 78.9 Å². The average molecular weight is 476 g/mol. The van der Waals surface area contributed by atoms with Gasteiger partial charge in [0.05, 0.1) is 12.6 Å². The number of nitrogens with one attached hydrogen (secondary N) is 3. The molecule has 7 heteroatoms. The summed E-state index contributed by atoms with van der Waals surface area (Å²) >= 11 is 5.30. The molecular weight excluding hydrogens is 446 g/mol. The summed E-state index contributed by atoms with van der Waals surface area (Å²) in [5, 5.41) is 8.76. The van der Waals surface area contributed by atoms with Gasteiger partial charge in [0.25, 0.3) is 11.8 Å². The molecule has 2 amide bonds. The summed E-state index contributed by atoms with van der Waals surface area (Å²) in [5.74, 6) is 0.0993. The van der Waals surface area contributed by atoms with Crippen LogP contribution in [0, 0.1) is 0 Å². The summed E-state index contributed by atoms with van der Waals surface area (Å²) in [5.41, 5.74) is 2.55. The normalized spacial score (nSPS) is 11.2. The highest BCUT2D eigenvalue weighted by Crippen LogP contribution is 2.16. The first kappa shape index (κ1) is 24.9. The number of hydrogen-bond donors (Lipinski definition) is 3. The third kappa shape index (κ3) is 7.42. The third-order valence-electron chi connectivity index (χ3n) is 5.12. The Bertz CT molecular complexity index is 1130. The van der Waals surface area contributed by atoms with Gasteiger partial charge in [0.2, 0.25) is 0 Å². The van der Waals surface area contributed by atoms with E-state index >= 15 is 0 Å². The third-order valence-corrected chi connectivity index (χ3v) is 5.32. The number of benzene rings is 3. The van der Waals surface area contributed by atoms with E-state index in [1.807, 2.05) is 43.3 Å². The molecule has 0 heterocycles. The lowest BCUT2D eigenvalue weighted by molar-refractivity contribution is 0.0938. The van der Waals surface area contributed by atoms with Gasteiger partial charge in [-0.1, -0.05) is 55.8 Å². The van der Waals surface area contributed by atoms with E-state index in [0.717, 1.165) is 18.4 Å². The van der Waals surface area contributed by atoms with Crippen LogP contribution < -0.4 is 20.7 Å². The van der Waals surface area contributed by atoms with Gasteiger partial charge in [-0.25, -0.2) is 0 Å². The van der Waals surface area contributed by atoms with Crippen LogP contribution in [-0.2, 0) is 0 Å². The Morgan fingerprint density at radius 3 is 2.35 bits per heavy atom. The molecule has 3 aromatic carbocycles. The first-order valence-electron chi connectivity index (χ1n) is 11.3. The zero-order valence-electron chi connectivity index (χ0n) is 19.3. The van der Waals surface area contributed by atoms with Crippen LogP contribution in [0.1, 0.15) is 59.0 Å².